The van der Waals surface area contributed by atoms with E-state index in [4.69, 9.17) is 4.74 Å². The molecule has 0 aliphatic heterocycles. The van der Waals surface area contributed by atoms with Crippen LogP contribution in [0.2, 0.25) is 0 Å². The molecule has 6 nitrogen and oxygen atoms in total. The summed E-state index contributed by atoms with van der Waals surface area (Å²) in [4.78, 5) is 24.6. The Morgan fingerprint density at radius 1 is 0.403 bits per heavy atom. The second-order valence-corrected chi connectivity index (χ2v) is 21.0. The van der Waals surface area contributed by atoms with E-state index in [1.54, 1.807) is 0 Å². The van der Waals surface area contributed by atoms with Crippen molar-refractivity contribution in [2.45, 2.75) is 353 Å². The predicted molar refractivity (Wildman–Crippen MR) is 292 cm³/mol. The molecule has 0 aromatic carbocycles. The number of hydrogen-bond donors (Lipinski definition) is 3. The van der Waals surface area contributed by atoms with Crippen molar-refractivity contribution in [1.82, 2.24) is 5.32 Å². The Hall–Kier alpha value is -1.40. The largest absolute Gasteiger partial charge is 0.466 e. The van der Waals surface area contributed by atoms with Crippen molar-refractivity contribution < 1.29 is 24.5 Å². The van der Waals surface area contributed by atoms with E-state index < -0.39 is 12.1 Å². The third kappa shape index (κ3) is 53.8. The van der Waals surface area contributed by atoms with Crippen LogP contribution >= 0.6 is 0 Å². The van der Waals surface area contributed by atoms with E-state index in [1.165, 1.54) is 257 Å². The lowest BCUT2D eigenvalue weighted by molar-refractivity contribution is -0.143. The lowest BCUT2D eigenvalue weighted by atomic mass is 10.0. The van der Waals surface area contributed by atoms with E-state index in [2.05, 4.69) is 31.3 Å². The number of nitrogens with one attached hydrogen (secondary N) is 1. The molecule has 0 heterocycles. The first-order chi connectivity index (χ1) is 33.0. The van der Waals surface area contributed by atoms with E-state index >= 15 is 0 Å². The Kier molecular flexibility index (Phi) is 56.0. The normalized spacial score (nSPS) is 12.6. The van der Waals surface area contributed by atoms with E-state index in [0.29, 0.717) is 25.9 Å². The molecule has 0 fully saturated rings. The molecule has 0 aromatic rings. The van der Waals surface area contributed by atoms with Gasteiger partial charge in [-0.05, 0) is 51.4 Å². The van der Waals surface area contributed by atoms with Gasteiger partial charge in [-0.1, -0.05) is 289 Å². The van der Waals surface area contributed by atoms with Crippen molar-refractivity contribution in [2.75, 3.05) is 13.2 Å². The second kappa shape index (κ2) is 57.2. The van der Waals surface area contributed by atoms with Crippen LogP contribution in [-0.2, 0) is 14.3 Å². The van der Waals surface area contributed by atoms with Crippen LogP contribution in [0.1, 0.15) is 341 Å². The molecule has 0 rings (SSSR count). The Bertz CT molecular complexity index is 1000. The summed E-state index contributed by atoms with van der Waals surface area (Å²) in [5.74, 6) is -0.0569. The van der Waals surface area contributed by atoms with Crippen molar-refractivity contribution in [3.8, 4) is 0 Å². The van der Waals surface area contributed by atoms with Gasteiger partial charge in [-0.3, -0.25) is 9.59 Å². The average molecular weight is 947 g/mol. The van der Waals surface area contributed by atoms with Crippen molar-refractivity contribution >= 4 is 11.9 Å². The molecule has 398 valence electrons. The molecule has 0 aromatic heterocycles. The minimum absolute atomic E-state index is 0.0127. The predicted octanol–water partition coefficient (Wildman–Crippen LogP) is 18.9. The molecule has 0 radical (unpaired) electrons. The molecule has 0 aliphatic rings. The van der Waals surface area contributed by atoms with Gasteiger partial charge in [0.2, 0.25) is 5.91 Å². The average Bonchev–Trinajstić information content (AvgIpc) is 3.33. The van der Waals surface area contributed by atoms with Gasteiger partial charge in [-0.25, -0.2) is 0 Å². The third-order valence-electron chi connectivity index (χ3n) is 14.3. The molecule has 0 saturated heterocycles. The number of carbonyl (C=O) groups excluding carboxylic acids is 2. The van der Waals surface area contributed by atoms with Crippen LogP contribution in [0.15, 0.2) is 12.2 Å². The van der Waals surface area contributed by atoms with Crippen molar-refractivity contribution in [3.05, 3.63) is 12.2 Å². The quantitative estimate of drug-likeness (QED) is 0.0321. The van der Waals surface area contributed by atoms with Crippen LogP contribution in [0.4, 0.5) is 0 Å². The maximum Gasteiger partial charge on any atom is 0.305 e. The first-order valence-corrected chi connectivity index (χ1v) is 30.4. The van der Waals surface area contributed by atoms with Gasteiger partial charge < -0.3 is 20.3 Å². The Morgan fingerprint density at radius 3 is 1.06 bits per heavy atom. The first kappa shape index (κ1) is 65.6. The summed E-state index contributed by atoms with van der Waals surface area (Å²) in [5, 5.41) is 23.4. The zero-order chi connectivity index (χ0) is 48.6. The molecule has 2 atom stereocenters. The Labute approximate surface area is 419 Å². The van der Waals surface area contributed by atoms with Crippen LogP contribution in [0, 0.1) is 0 Å². The van der Waals surface area contributed by atoms with Gasteiger partial charge >= 0.3 is 5.97 Å². The van der Waals surface area contributed by atoms with E-state index in [-0.39, 0.29) is 18.5 Å². The fraction of sp³-hybridized carbons (Fsp3) is 0.934. The van der Waals surface area contributed by atoms with Gasteiger partial charge in [0.1, 0.15) is 0 Å². The number of esters is 1. The highest BCUT2D eigenvalue weighted by molar-refractivity contribution is 5.76. The summed E-state index contributed by atoms with van der Waals surface area (Å²) in [5.41, 5.74) is 0. The van der Waals surface area contributed by atoms with Crippen molar-refractivity contribution in [3.63, 3.8) is 0 Å². The van der Waals surface area contributed by atoms with Crippen LogP contribution in [0.3, 0.4) is 0 Å². The number of amides is 1. The van der Waals surface area contributed by atoms with Crippen LogP contribution < -0.4 is 5.32 Å². The van der Waals surface area contributed by atoms with Gasteiger partial charge in [0.05, 0.1) is 25.4 Å². The Balaban J connectivity index is 3.44. The number of carbonyl (C=O) groups is 2. The summed E-state index contributed by atoms with van der Waals surface area (Å²) in [7, 11) is 0. The van der Waals surface area contributed by atoms with Gasteiger partial charge in [-0.15, -0.1) is 0 Å². The molecule has 0 spiro atoms. The monoisotopic (exact) mass is 946 g/mol. The molecular weight excluding hydrogens is 827 g/mol. The molecule has 2 unspecified atom stereocenters. The standard InChI is InChI=1S/C61H119NO5/c1-3-5-7-9-11-13-15-17-19-20-21-22-23-24-25-26-27-29-33-37-41-45-49-53-59(64)58(57-63)62-60(65)54-50-46-42-38-34-30-28-32-36-40-44-48-52-56-67-61(66)55-51-47-43-39-35-31-18-16-14-12-10-8-6-4-2/h16,18,58-59,63-64H,3-15,17,19-57H2,1-2H3,(H,62,65)/b18-16-. The van der Waals surface area contributed by atoms with E-state index in [0.717, 1.165) is 51.4 Å². The number of hydrogen-bond acceptors (Lipinski definition) is 5. The molecule has 0 saturated carbocycles. The highest BCUT2D eigenvalue weighted by Gasteiger charge is 2.20. The van der Waals surface area contributed by atoms with Crippen molar-refractivity contribution in [1.29, 1.82) is 0 Å². The SMILES string of the molecule is CCCCCCC/C=C\CCCCCCCC(=O)OCCCCCCCCCCCCCCCC(=O)NC(CO)C(O)CCCCCCCCCCCCCCCCCCCCCCCCC. The fourth-order valence-corrected chi connectivity index (χ4v) is 9.64. The summed E-state index contributed by atoms with van der Waals surface area (Å²) >= 11 is 0. The summed E-state index contributed by atoms with van der Waals surface area (Å²) in [6, 6.07) is -0.552. The van der Waals surface area contributed by atoms with Gasteiger partial charge in [0.15, 0.2) is 0 Å². The Morgan fingerprint density at radius 2 is 0.701 bits per heavy atom. The fourth-order valence-electron chi connectivity index (χ4n) is 9.64. The van der Waals surface area contributed by atoms with Gasteiger partial charge in [0, 0.05) is 12.8 Å². The first-order valence-electron chi connectivity index (χ1n) is 30.4. The van der Waals surface area contributed by atoms with Crippen LogP contribution in [-0.4, -0.2) is 47.4 Å². The van der Waals surface area contributed by atoms with E-state index in [1.807, 2.05) is 0 Å². The molecule has 3 N–H and O–H groups in total. The molecule has 0 aliphatic carbocycles. The summed E-state index contributed by atoms with van der Waals surface area (Å²) in [6.45, 7) is 4.94. The lowest BCUT2D eigenvalue weighted by Crippen LogP contribution is -2.45. The molecule has 6 heteroatoms. The van der Waals surface area contributed by atoms with Gasteiger partial charge in [0.25, 0.3) is 0 Å². The topological polar surface area (TPSA) is 95.9 Å². The van der Waals surface area contributed by atoms with Gasteiger partial charge in [-0.2, -0.15) is 0 Å². The maximum atomic E-state index is 12.5. The zero-order valence-corrected chi connectivity index (χ0v) is 45.4. The number of allylic oxidation sites excluding steroid dienone is 2. The highest BCUT2D eigenvalue weighted by atomic mass is 16.5. The number of rotatable bonds is 57. The number of aliphatic hydroxyl groups excluding tert-OH is 2. The summed E-state index contributed by atoms with van der Waals surface area (Å²) < 4.78 is 5.47. The molecule has 1 amide bonds. The number of unbranched alkanes of at least 4 members (excludes halogenated alkanes) is 44. The summed E-state index contributed by atoms with van der Waals surface area (Å²) in [6.07, 6.45) is 67.8. The zero-order valence-electron chi connectivity index (χ0n) is 45.4. The minimum Gasteiger partial charge on any atom is -0.466 e. The molecular formula is C61H119NO5. The number of ether oxygens (including phenoxy) is 1. The van der Waals surface area contributed by atoms with Crippen LogP contribution in [0.25, 0.3) is 0 Å². The van der Waals surface area contributed by atoms with Crippen LogP contribution in [0.5, 0.6) is 0 Å². The van der Waals surface area contributed by atoms with E-state index in [9.17, 15) is 19.8 Å². The third-order valence-corrected chi connectivity index (χ3v) is 14.3. The minimum atomic E-state index is -0.674. The maximum absolute atomic E-state index is 12.5. The molecule has 0 bridgehead atoms. The number of aliphatic hydroxyl groups is 2. The lowest BCUT2D eigenvalue weighted by Gasteiger charge is -2.22. The second-order valence-electron chi connectivity index (χ2n) is 21.0. The highest BCUT2D eigenvalue weighted by Crippen LogP contribution is 2.18. The molecule has 67 heavy (non-hydrogen) atoms. The smallest absolute Gasteiger partial charge is 0.305 e. The van der Waals surface area contributed by atoms with Crippen molar-refractivity contribution in [2.24, 2.45) is 0 Å².